The van der Waals surface area contributed by atoms with Crippen LogP contribution in [0.2, 0.25) is 0 Å². The molecule has 4 rings (SSSR count). The van der Waals surface area contributed by atoms with E-state index in [1.54, 1.807) is 11.5 Å². The van der Waals surface area contributed by atoms with E-state index >= 15 is 0 Å². The van der Waals surface area contributed by atoms with Crippen LogP contribution in [0.15, 0.2) is 60.7 Å². The molecule has 0 unspecified atom stereocenters. The van der Waals surface area contributed by atoms with E-state index in [0.29, 0.717) is 23.0 Å². The Hall–Kier alpha value is -3.07. The van der Waals surface area contributed by atoms with Gasteiger partial charge in [0.15, 0.2) is 0 Å². The Bertz CT molecular complexity index is 1260. The molecule has 0 amide bonds. The minimum Gasteiger partial charge on any atom is -0.369 e. The second kappa shape index (κ2) is 6.98. The van der Waals surface area contributed by atoms with Crippen LogP contribution in [0.5, 0.6) is 0 Å². The zero-order chi connectivity index (χ0) is 22.6. The summed E-state index contributed by atoms with van der Waals surface area (Å²) in [4.78, 5) is 4.56. The largest absolute Gasteiger partial charge is 0.430 e. The number of aryl methyl sites for hydroxylation is 1. The molecular weight excluding hydrogens is 422 g/mol. The summed E-state index contributed by atoms with van der Waals surface area (Å²) in [5, 5.41) is 10.8. The lowest BCUT2D eigenvalue weighted by Gasteiger charge is -2.32. The van der Waals surface area contributed by atoms with Gasteiger partial charge < -0.3 is 9.67 Å². The number of fused-ring (bicyclic) bond motifs is 2. The van der Waals surface area contributed by atoms with Gasteiger partial charge in [-0.05, 0) is 37.3 Å². The van der Waals surface area contributed by atoms with Gasteiger partial charge in [0.25, 0.3) is 5.60 Å². The third-order valence-corrected chi connectivity index (χ3v) is 5.32. The molecule has 1 N–H and O–H groups in total. The molecule has 0 atom stereocenters. The summed E-state index contributed by atoms with van der Waals surface area (Å²) >= 11 is 0. The molecule has 0 aliphatic heterocycles. The summed E-state index contributed by atoms with van der Waals surface area (Å²) < 4.78 is 81.0. The molecule has 0 radical (unpaired) electrons. The summed E-state index contributed by atoms with van der Waals surface area (Å²) in [5.41, 5.74) is -3.71. The van der Waals surface area contributed by atoms with Crippen molar-refractivity contribution in [3.8, 4) is 0 Å². The van der Waals surface area contributed by atoms with Crippen molar-refractivity contribution in [2.75, 3.05) is 0 Å². The second-order valence-electron chi connectivity index (χ2n) is 7.35. The Balaban J connectivity index is 1.78. The van der Waals surface area contributed by atoms with Gasteiger partial charge in [-0.3, -0.25) is 4.98 Å². The number of nitrogens with zero attached hydrogens (tertiary/aromatic N) is 2. The summed E-state index contributed by atoms with van der Waals surface area (Å²) in [7, 11) is 0. The Kier molecular flexibility index (Phi) is 4.77. The lowest BCUT2D eigenvalue weighted by atomic mass is 9.91. The number of benzene rings is 2. The van der Waals surface area contributed by atoms with E-state index in [2.05, 4.69) is 4.98 Å². The summed E-state index contributed by atoms with van der Waals surface area (Å²) in [6.07, 6.45) is -11.9. The molecule has 3 nitrogen and oxygen atoms in total. The molecule has 0 bridgehead atoms. The molecule has 0 spiro atoms. The molecule has 9 heteroatoms. The highest BCUT2D eigenvalue weighted by atomic mass is 19.4. The molecular formula is C22H16F6N2O. The average Bonchev–Trinajstić information content (AvgIpc) is 3.00. The average molecular weight is 438 g/mol. The zero-order valence-electron chi connectivity index (χ0n) is 16.1. The van der Waals surface area contributed by atoms with Crippen LogP contribution in [-0.4, -0.2) is 27.0 Å². The van der Waals surface area contributed by atoms with Crippen LogP contribution in [0.1, 0.15) is 17.0 Å². The van der Waals surface area contributed by atoms with Crippen LogP contribution in [0.25, 0.3) is 21.8 Å². The Morgan fingerprint density at radius 2 is 1.52 bits per heavy atom. The number of rotatable bonds is 3. The molecule has 0 saturated heterocycles. The first-order valence-electron chi connectivity index (χ1n) is 9.23. The normalized spacial score (nSPS) is 13.3. The lowest BCUT2D eigenvalue weighted by molar-refractivity contribution is -0.376. The van der Waals surface area contributed by atoms with Crippen molar-refractivity contribution in [3.63, 3.8) is 0 Å². The van der Waals surface area contributed by atoms with Gasteiger partial charge >= 0.3 is 12.4 Å². The number of halogens is 6. The first-order chi connectivity index (χ1) is 14.4. The fraction of sp³-hybridized carbons (Fsp3) is 0.227. The van der Waals surface area contributed by atoms with Crippen molar-refractivity contribution in [3.05, 3.63) is 77.6 Å². The smallest absolute Gasteiger partial charge is 0.369 e. The van der Waals surface area contributed by atoms with Crippen LogP contribution in [0.3, 0.4) is 0 Å². The molecule has 2 aromatic carbocycles. The zero-order valence-corrected chi connectivity index (χ0v) is 16.1. The number of para-hydroxylation sites is 1. The van der Waals surface area contributed by atoms with Gasteiger partial charge in [0.2, 0.25) is 0 Å². The monoisotopic (exact) mass is 438 g/mol. The van der Waals surface area contributed by atoms with Gasteiger partial charge in [-0.25, -0.2) is 0 Å². The van der Waals surface area contributed by atoms with E-state index in [-0.39, 0.29) is 11.9 Å². The van der Waals surface area contributed by atoms with Gasteiger partial charge in [0.05, 0.1) is 17.8 Å². The topological polar surface area (TPSA) is 38.0 Å². The maximum Gasteiger partial charge on any atom is 0.430 e. The summed E-state index contributed by atoms with van der Waals surface area (Å²) in [6, 6.07) is 15.2. The minimum atomic E-state index is -5.93. The molecule has 2 heterocycles. The summed E-state index contributed by atoms with van der Waals surface area (Å²) in [6.45, 7) is 1.97. The maximum absolute atomic E-state index is 13.2. The van der Waals surface area contributed by atoms with Crippen LogP contribution in [0, 0.1) is 6.92 Å². The van der Waals surface area contributed by atoms with E-state index in [1.165, 1.54) is 6.07 Å². The molecule has 2 aromatic heterocycles. The number of hydrogen-bond acceptors (Lipinski definition) is 2. The SMILES string of the molecule is Cc1cc2cc(C(O)(C(F)(F)F)C(F)(F)F)ccc2n1Cc1ccc2ccccc2n1. The predicted octanol–water partition coefficient (Wildman–Crippen LogP) is 5.86. The Labute approximate surface area is 172 Å². The van der Waals surface area contributed by atoms with Crippen LogP contribution in [0.4, 0.5) is 26.3 Å². The quantitative estimate of drug-likeness (QED) is 0.407. The van der Waals surface area contributed by atoms with Gasteiger partial charge in [0, 0.05) is 27.5 Å². The van der Waals surface area contributed by atoms with Gasteiger partial charge in [-0.2, -0.15) is 26.3 Å². The van der Waals surface area contributed by atoms with E-state index in [1.807, 2.05) is 36.4 Å². The minimum absolute atomic E-state index is 0.155. The standard InChI is InChI=1S/C22H16F6N2O/c1-13-10-15-11-16(20(31,21(23,24)25)22(26,27)28)7-9-19(15)30(13)12-17-8-6-14-4-2-3-5-18(14)29-17/h2-11,31H,12H2,1H3. The van der Waals surface area contributed by atoms with Crippen molar-refractivity contribution < 1.29 is 31.4 Å². The fourth-order valence-electron chi connectivity index (χ4n) is 3.69. The van der Waals surface area contributed by atoms with E-state index in [9.17, 15) is 31.4 Å². The second-order valence-corrected chi connectivity index (χ2v) is 7.35. The highest BCUT2D eigenvalue weighted by molar-refractivity contribution is 5.83. The Morgan fingerprint density at radius 3 is 2.19 bits per heavy atom. The molecule has 0 fully saturated rings. The molecule has 0 aliphatic carbocycles. The number of hydrogen-bond donors (Lipinski definition) is 1. The third-order valence-electron chi connectivity index (χ3n) is 5.32. The van der Waals surface area contributed by atoms with E-state index < -0.39 is 23.5 Å². The molecule has 0 aliphatic rings. The third kappa shape index (κ3) is 3.42. The Morgan fingerprint density at radius 1 is 0.839 bits per heavy atom. The molecule has 162 valence electrons. The van der Waals surface area contributed by atoms with Gasteiger partial charge in [0.1, 0.15) is 0 Å². The van der Waals surface area contributed by atoms with Crippen molar-refractivity contribution >= 4 is 21.8 Å². The number of aromatic nitrogens is 2. The van der Waals surface area contributed by atoms with E-state index in [0.717, 1.165) is 23.0 Å². The maximum atomic E-state index is 13.2. The predicted molar refractivity (Wildman–Crippen MR) is 104 cm³/mol. The first kappa shape index (κ1) is 21.2. The van der Waals surface area contributed by atoms with Crippen molar-refractivity contribution in [1.82, 2.24) is 9.55 Å². The van der Waals surface area contributed by atoms with Crippen LogP contribution in [-0.2, 0) is 12.1 Å². The fourth-order valence-corrected chi connectivity index (χ4v) is 3.69. The first-order valence-corrected chi connectivity index (χ1v) is 9.23. The van der Waals surface area contributed by atoms with Crippen molar-refractivity contribution in [2.45, 2.75) is 31.4 Å². The number of alkyl halides is 6. The van der Waals surface area contributed by atoms with Crippen LogP contribution < -0.4 is 0 Å². The number of pyridine rings is 1. The van der Waals surface area contributed by atoms with Crippen molar-refractivity contribution in [2.24, 2.45) is 0 Å². The van der Waals surface area contributed by atoms with Gasteiger partial charge in [-0.15, -0.1) is 0 Å². The lowest BCUT2D eigenvalue weighted by Crippen LogP contribution is -2.53. The van der Waals surface area contributed by atoms with Crippen LogP contribution >= 0.6 is 0 Å². The molecule has 0 saturated carbocycles. The van der Waals surface area contributed by atoms with Gasteiger partial charge in [-0.1, -0.05) is 30.3 Å². The van der Waals surface area contributed by atoms with E-state index in [4.69, 9.17) is 0 Å². The summed E-state index contributed by atoms with van der Waals surface area (Å²) in [5.74, 6) is 0. The highest BCUT2D eigenvalue weighted by Crippen LogP contribution is 2.50. The molecule has 4 aromatic rings. The highest BCUT2D eigenvalue weighted by Gasteiger charge is 2.71. The van der Waals surface area contributed by atoms with Crippen molar-refractivity contribution in [1.29, 1.82) is 0 Å². The molecule has 31 heavy (non-hydrogen) atoms. The number of aliphatic hydroxyl groups is 1.